The van der Waals surface area contributed by atoms with Crippen molar-refractivity contribution >= 4 is 103 Å². The van der Waals surface area contributed by atoms with Gasteiger partial charge in [-0.05, 0) is 126 Å². The molecule has 0 fully saturated rings. The quantitative estimate of drug-likeness (QED) is 0.149. The molecule has 1 aliphatic rings. The summed E-state index contributed by atoms with van der Waals surface area (Å²) in [5, 5.41) is 14.1. The van der Waals surface area contributed by atoms with Crippen molar-refractivity contribution in [2.24, 2.45) is 0 Å². The molecule has 16 aromatic carbocycles. The van der Waals surface area contributed by atoms with Crippen molar-refractivity contribution in [3.8, 4) is 84.4 Å². The predicted octanol–water partition coefficient (Wildman–Crippen LogP) is 25.0. The molecule has 0 saturated heterocycles. The number of fused-ring (bicyclic) bond motifs is 14. The molecule has 99 heavy (non-hydrogen) atoms. The van der Waals surface area contributed by atoms with Crippen molar-refractivity contribution in [3.05, 3.63) is 367 Å². The molecule has 0 radical (unpaired) electrons. The number of halogens is 1. The van der Waals surface area contributed by atoms with E-state index < -0.39 is 0 Å². The summed E-state index contributed by atoms with van der Waals surface area (Å²) in [6.45, 7) is 0. The van der Waals surface area contributed by atoms with Crippen molar-refractivity contribution in [1.29, 1.82) is 0 Å². The molecular formula is C93H60BrN5. The van der Waals surface area contributed by atoms with E-state index in [1.54, 1.807) is 0 Å². The first-order valence-corrected chi connectivity index (χ1v) is 34.4. The lowest BCUT2D eigenvalue weighted by Crippen LogP contribution is -2.00. The molecule has 0 atom stereocenters. The average Bonchev–Trinajstić information content (AvgIpc) is 1.70. The normalized spacial score (nSPS) is 11.6. The van der Waals surface area contributed by atoms with Crippen LogP contribution in [0.1, 0.15) is 11.1 Å². The van der Waals surface area contributed by atoms with Gasteiger partial charge in [-0.25, -0.2) is 19.9 Å². The molecule has 0 N–H and O–H groups in total. The number of hydrogen-bond acceptors (Lipinski definition) is 4. The second kappa shape index (κ2) is 25.3. The second-order valence-electron chi connectivity index (χ2n) is 25.3. The Balaban J connectivity index is 0.000000119. The van der Waals surface area contributed by atoms with Gasteiger partial charge < -0.3 is 4.57 Å². The van der Waals surface area contributed by atoms with Gasteiger partial charge in [-0.15, -0.1) is 0 Å². The minimum absolute atomic E-state index is 0.725. The van der Waals surface area contributed by atoms with Crippen LogP contribution in [-0.4, -0.2) is 24.5 Å². The van der Waals surface area contributed by atoms with Gasteiger partial charge in [-0.2, -0.15) is 0 Å². The molecule has 0 saturated carbocycles. The number of benzene rings is 16. The van der Waals surface area contributed by atoms with E-state index in [4.69, 9.17) is 19.9 Å². The standard InChI is InChI=1S/C46H29N3.C24H15BrN2.C23H16/c1-3-14-31(15-4-1)44-40-29-43(36-19-9-10-21-38(36)45(40)48-46(47-44)32-16-5-2-6-17-32)49-41-22-12-11-20-37(41)39-28-35(25-26-42(39)49)34-24-23-30-13-7-8-18-33(30)27-34;25-21-15-20-22(16-9-3-1-4-10-16)26-24(17-11-5-2-6-12-17)27-23(20)19-14-8-7-13-18(19)21;1-2-6-17-13-18(10-9-16(17)5-1)19-11-12-21-14-20-7-3-4-8-22(20)23(21)15-19/h1-29H;1-15H;1-13,15H,14H2. The third-order valence-electron chi connectivity index (χ3n) is 19.4. The topological polar surface area (TPSA) is 56.5 Å². The van der Waals surface area contributed by atoms with Crippen molar-refractivity contribution < 1.29 is 0 Å². The molecule has 20 rings (SSSR count). The van der Waals surface area contributed by atoms with E-state index in [-0.39, 0.29) is 0 Å². The van der Waals surface area contributed by atoms with E-state index in [9.17, 15) is 0 Å². The number of para-hydroxylation sites is 1. The Bertz CT molecular complexity index is 6330. The molecule has 0 spiro atoms. The van der Waals surface area contributed by atoms with Crippen LogP contribution in [0.4, 0.5) is 0 Å². The highest BCUT2D eigenvalue weighted by Gasteiger charge is 2.23. The first-order chi connectivity index (χ1) is 49.0. The molecule has 0 bridgehead atoms. The Morgan fingerprint density at radius 3 is 1.25 bits per heavy atom. The van der Waals surface area contributed by atoms with E-state index >= 15 is 0 Å². The molecule has 6 heteroatoms. The maximum absolute atomic E-state index is 5.25. The highest BCUT2D eigenvalue weighted by molar-refractivity contribution is 9.10. The molecule has 1 aliphatic carbocycles. The summed E-state index contributed by atoms with van der Waals surface area (Å²) in [5.41, 5.74) is 22.1. The summed E-state index contributed by atoms with van der Waals surface area (Å²) in [5.74, 6) is 1.47. The van der Waals surface area contributed by atoms with E-state index in [0.29, 0.717) is 0 Å². The van der Waals surface area contributed by atoms with Crippen molar-refractivity contribution in [2.45, 2.75) is 6.42 Å². The van der Waals surface area contributed by atoms with Crippen LogP contribution in [0.5, 0.6) is 0 Å². The van der Waals surface area contributed by atoms with Gasteiger partial charge in [-0.1, -0.05) is 319 Å². The van der Waals surface area contributed by atoms with Crippen LogP contribution < -0.4 is 0 Å². The molecule has 0 unspecified atom stereocenters. The molecule has 0 amide bonds. The second-order valence-corrected chi connectivity index (χ2v) is 26.2. The van der Waals surface area contributed by atoms with Crippen LogP contribution in [0.25, 0.3) is 171 Å². The smallest absolute Gasteiger partial charge is 0.160 e. The average molecular weight is 1330 g/mol. The summed E-state index contributed by atoms with van der Waals surface area (Å²) in [6.07, 6.45) is 1.06. The Morgan fingerprint density at radius 1 is 0.242 bits per heavy atom. The first kappa shape index (κ1) is 59.0. The van der Waals surface area contributed by atoms with Gasteiger partial charge in [-0.3, -0.25) is 0 Å². The number of hydrogen-bond donors (Lipinski definition) is 0. The largest absolute Gasteiger partial charge is 0.309 e. The van der Waals surface area contributed by atoms with Crippen molar-refractivity contribution in [1.82, 2.24) is 24.5 Å². The third kappa shape index (κ3) is 10.9. The number of aromatic nitrogens is 5. The van der Waals surface area contributed by atoms with E-state index in [1.807, 2.05) is 54.6 Å². The fraction of sp³-hybridized carbons (Fsp3) is 0.0108. The van der Waals surface area contributed by atoms with Gasteiger partial charge in [0.05, 0.1) is 39.1 Å². The zero-order chi connectivity index (χ0) is 65.8. The summed E-state index contributed by atoms with van der Waals surface area (Å²) in [6, 6.07) is 125. The van der Waals surface area contributed by atoms with Crippen LogP contribution >= 0.6 is 15.9 Å². The van der Waals surface area contributed by atoms with Gasteiger partial charge in [0.1, 0.15) is 0 Å². The van der Waals surface area contributed by atoms with Crippen LogP contribution in [0.3, 0.4) is 0 Å². The monoisotopic (exact) mass is 1330 g/mol. The summed E-state index contributed by atoms with van der Waals surface area (Å²) < 4.78 is 3.48. The lowest BCUT2D eigenvalue weighted by Gasteiger charge is -2.17. The molecule has 3 heterocycles. The number of nitrogens with zero attached hydrogens (tertiary/aromatic N) is 5. The van der Waals surface area contributed by atoms with Crippen molar-refractivity contribution in [2.75, 3.05) is 0 Å². The lowest BCUT2D eigenvalue weighted by atomic mass is 9.97. The SMILES string of the molecule is Brc1cc2c(-c3ccccc3)nc(-c3ccccc3)nc2c2ccccc12.c1ccc(-c2nc(-c3ccccc3)c3cc(-n4c5ccccc5c5cc(-c6ccc7ccccc7c6)ccc54)c4ccccc4c3n2)cc1.c1ccc2c(c1)Cc1ccc(-c3ccc4ccccc4c3)cc1-2. The van der Waals surface area contributed by atoms with E-state index in [2.05, 4.69) is 318 Å². The fourth-order valence-corrected chi connectivity index (χ4v) is 15.1. The maximum Gasteiger partial charge on any atom is 0.160 e. The fourth-order valence-electron chi connectivity index (χ4n) is 14.6. The summed E-state index contributed by atoms with van der Waals surface area (Å²) in [7, 11) is 0. The van der Waals surface area contributed by atoms with Crippen LogP contribution in [-0.2, 0) is 6.42 Å². The first-order valence-electron chi connectivity index (χ1n) is 33.6. The van der Waals surface area contributed by atoms with E-state index in [1.165, 1.54) is 87.9 Å². The van der Waals surface area contributed by atoms with Gasteiger partial charge in [0, 0.05) is 64.4 Å². The molecule has 464 valence electrons. The van der Waals surface area contributed by atoms with Crippen LogP contribution in [0, 0.1) is 0 Å². The Labute approximate surface area is 581 Å². The maximum atomic E-state index is 5.25. The zero-order valence-electron chi connectivity index (χ0n) is 53.8. The molecule has 5 nitrogen and oxygen atoms in total. The summed E-state index contributed by atoms with van der Waals surface area (Å²) in [4.78, 5) is 20.4. The van der Waals surface area contributed by atoms with Gasteiger partial charge in [0.2, 0.25) is 0 Å². The van der Waals surface area contributed by atoms with Gasteiger partial charge in [0.15, 0.2) is 11.6 Å². The van der Waals surface area contributed by atoms with E-state index in [0.717, 1.165) is 105 Å². The van der Waals surface area contributed by atoms with Crippen LogP contribution in [0.2, 0.25) is 0 Å². The zero-order valence-corrected chi connectivity index (χ0v) is 55.4. The Hall–Kier alpha value is -12.5. The molecule has 3 aromatic heterocycles. The Morgan fingerprint density at radius 2 is 0.657 bits per heavy atom. The highest BCUT2D eigenvalue weighted by atomic mass is 79.9. The third-order valence-corrected chi connectivity index (χ3v) is 20.0. The number of rotatable bonds is 7. The van der Waals surface area contributed by atoms with Gasteiger partial charge in [0.25, 0.3) is 0 Å². The highest BCUT2D eigenvalue weighted by Crippen LogP contribution is 2.44. The summed E-state index contributed by atoms with van der Waals surface area (Å²) >= 11 is 3.73. The Kier molecular flexibility index (Phi) is 15.1. The molecular weight excluding hydrogens is 1270 g/mol. The van der Waals surface area contributed by atoms with Gasteiger partial charge >= 0.3 is 0 Å². The lowest BCUT2D eigenvalue weighted by molar-refractivity contribution is 1.19. The molecule has 0 aliphatic heterocycles. The van der Waals surface area contributed by atoms with Crippen molar-refractivity contribution in [3.63, 3.8) is 0 Å². The predicted molar refractivity (Wildman–Crippen MR) is 418 cm³/mol. The minimum Gasteiger partial charge on any atom is -0.309 e. The molecule has 19 aromatic rings. The minimum atomic E-state index is 0.725. The van der Waals surface area contributed by atoms with Crippen LogP contribution in [0.15, 0.2) is 356 Å².